The molecular weight excluding hydrogens is 459 g/mol. The molecule has 0 bridgehead atoms. The molecule has 1 fully saturated rings. The van der Waals surface area contributed by atoms with Crippen LogP contribution in [0.3, 0.4) is 0 Å². The number of ether oxygens (including phenoxy) is 2. The van der Waals surface area contributed by atoms with Crippen LogP contribution in [0, 0.1) is 12.7 Å². The van der Waals surface area contributed by atoms with E-state index in [1.54, 1.807) is 36.5 Å². The number of halogens is 1. The summed E-state index contributed by atoms with van der Waals surface area (Å²) in [4.78, 5) is 13.8. The van der Waals surface area contributed by atoms with Crippen molar-refractivity contribution in [2.24, 2.45) is 0 Å². The first-order valence-corrected chi connectivity index (χ1v) is 11.9. The van der Waals surface area contributed by atoms with Crippen LogP contribution in [0.5, 0.6) is 0 Å². The summed E-state index contributed by atoms with van der Waals surface area (Å²) in [6.45, 7) is 3.59. The number of esters is 1. The number of carbonyl (C=O) groups is 1. The number of thiophene rings is 1. The lowest BCUT2D eigenvalue weighted by atomic mass is 9.91. The number of hydrogen-bond donors (Lipinski definition) is 3. The zero-order chi connectivity index (χ0) is 24.4. The Kier molecular flexibility index (Phi) is 7.45. The van der Waals surface area contributed by atoms with Crippen LogP contribution in [0.25, 0.3) is 10.4 Å². The zero-order valence-corrected chi connectivity index (χ0v) is 19.7. The molecule has 1 aliphatic heterocycles. The minimum atomic E-state index is -1.55. The van der Waals surface area contributed by atoms with Crippen LogP contribution in [-0.2, 0) is 20.7 Å². The summed E-state index contributed by atoms with van der Waals surface area (Å²) in [5.41, 5.74) is 3.60. The average molecular weight is 487 g/mol. The van der Waals surface area contributed by atoms with Gasteiger partial charge in [0.1, 0.15) is 30.2 Å². The number of rotatable bonds is 6. The fourth-order valence-corrected chi connectivity index (χ4v) is 4.96. The van der Waals surface area contributed by atoms with E-state index in [9.17, 15) is 24.5 Å². The van der Waals surface area contributed by atoms with Gasteiger partial charge in [0.05, 0.1) is 0 Å². The van der Waals surface area contributed by atoms with Crippen LogP contribution in [0.4, 0.5) is 4.39 Å². The smallest absolute Gasteiger partial charge is 0.307 e. The van der Waals surface area contributed by atoms with Crippen LogP contribution in [-0.4, -0.2) is 45.9 Å². The molecule has 1 aromatic heterocycles. The van der Waals surface area contributed by atoms with Crippen LogP contribution in [0.2, 0.25) is 0 Å². The summed E-state index contributed by atoms with van der Waals surface area (Å²) in [6.07, 6.45) is -6.12. The van der Waals surface area contributed by atoms with Gasteiger partial charge in [0.15, 0.2) is 0 Å². The minimum Gasteiger partial charge on any atom is -0.433 e. The molecule has 180 valence electrons. The van der Waals surface area contributed by atoms with E-state index in [1.165, 1.54) is 12.1 Å². The maximum Gasteiger partial charge on any atom is 0.307 e. The van der Waals surface area contributed by atoms with Gasteiger partial charge in [0.25, 0.3) is 0 Å². The topological polar surface area (TPSA) is 96.2 Å². The average Bonchev–Trinajstić information content (AvgIpc) is 3.29. The maximum absolute atomic E-state index is 13.2. The van der Waals surface area contributed by atoms with E-state index in [1.807, 2.05) is 31.2 Å². The van der Waals surface area contributed by atoms with Gasteiger partial charge in [-0.2, -0.15) is 0 Å². The molecular formula is C26H27FO6S. The Morgan fingerprint density at radius 2 is 1.76 bits per heavy atom. The number of aliphatic hydroxyl groups excluding tert-OH is 3. The molecule has 5 atom stereocenters. The molecule has 0 spiro atoms. The molecule has 2 aromatic carbocycles. The van der Waals surface area contributed by atoms with Crippen LogP contribution < -0.4 is 0 Å². The predicted molar refractivity (Wildman–Crippen MR) is 126 cm³/mol. The second kappa shape index (κ2) is 10.3. The Morgan fingerprint density at radius 1 is 1.03 bits per heavy atom. The van der Waals surface area contributed by atoms with Crippen molar-refractivity contribution in [1.82, 2.24) is 0 Å². The summed E-state index contributed by atoms with van der Waals surface area (Å²) in [7, 11) is 0. The number of aryl methyl sites for hydroxylation is 1. The molecule has 1 aliphatic rings. The van der Waals surface area contributed by atoms with Crippen molar-refractivity contribution in [3.8, 4) is 10.4 Å². The lowest BCUT2D eigenvalue weighted by Gasteiger charge is -2.40. The Balaban J connectivity index is 1.56. The lowest BCUT2D eigenvalue weighted by Crippen LogP contribution is -2.55. The number of carbonyl (C=O) groups excluding carboxylic acids is 1. The molecule has 3 aromatic rings. The Bertz CT molecular complexity index is 1140. The van der Waals surface area contributed by atoms with Crippen LogP contribution in [0.1, 0.15) is 41.0 Å². The van der Waals surface area contributed by atoms with E-state index < -0.39 is 36.7 Å². The maximum atomic E-state index is 13.2. The second-order valence-corrected chi connectivity index (χ2v) is 9.54. The Morgan fingerprint density at radius 3 is 2.47 bits per heavy atom. The highest BCUT2D eigenvalue weighted by Gasteiger charge is 2.46. The van der Waals surface area contributed by atoms with E-state index in [0.717, 1.165) is 26.4 Å². The quantitative estimate of drug-likeness (QED) is 0.458. The highest BCUT2D eigenvalue weighted by molar-refractivity contribution is 7.15. The van der Waals surface area contributed by atoms with Crippen LogP contribution in [0.15, 0.2) is 54.6 Å². The molecule has 2 heterocycles. The molecule has 0 unspecified atom stereocenters. The fraction of sp³-hybridized carbons (Fsp3) is 0.346. The summed E-state index contributed by atoms with van der Waals surface area (Å²) in [5.74, 6) is -0.852. The molecule has 1 saturated heterocycles. The molecule has 0 aliphatic carbocycles. The molecule has 34 heavy (non-hydrogen) atoms. The highest BCUT2D eigenvalue weighted by atomic mass is 32.1. The van der Waals surface area contributed by atoms with E-state index in [0.29, 0.717) is 12.0 Å². The second-order valence-electron chi connectivity index (χ2n) is 8.38. The van der Waals surface area contributed by atoms with Crippen molar-refractivity contribution in [1.29, 1.82) is 0 Å². The van der Waals surface area contributed by atoms with Crippen molar-refractivity contribution in [2.75, 3.05) is 0 Å². The third-order valence-corrected chi connectivity index (χ3v) is 7.10. The first-order chi connectivity index (χ1) is 16.3. The Hall–Kier alpha value is -2.62. The summed E-state index contributed by atoms with van der Waals surface area (Å²) >= 11 is 1.61. The first kappa shape index (κ1) is 24.5. The third kappa shape index (κ3) is 5.21. The highest BCUT2D eigenvalue weighted by Crippen LogP contribution is 2.35. The van der Waals surface area contributed by atoms with Gasteiger partial charge in [-0.3, -0.25) is 4.79 Å². The van der Waals surface area contributed by atoms with Gasteiger partial charge in [-0.05, 0) is 53.4 Å². The number of hydrogen-bond acceptors (Lipinski definition) is 7. The number of benzene rings is 2. The van der Waals surface area contributed by atoms with Gasteiger partial charge in [-0.25, -0.2) is 4.39 Å². The van der Waals surface area contributed by atoms with E-state index in [4.69, 9.17) is 9.47 Å². The molecule has 0 radical (unpaired) electrons. The Labute approximate surface area is 201 Å². The van der Waals surface area contributed by atoms with E-state index in [2.05, 4.69) is 0 Å². The zero-order valence-electron chi connectivity index (χ0n) is 18.8. The molecule has 6 nitrogen and oxygen atoms in total. The van der Waals surface area contributed by atoms with Gasteiger partial charge in [0, 0.05) is 22.6 Å². The van der Waals surface area contributed by atoms with Gasteiger partial charge in [0.2, 0.25) is 6.29 Å². The van der Waals surface area contributed by atoms with Crippen LogP contribution >= 0.6 is 11.3 Å². The van der Waals surface area contributed by atoms with E-state index >= 15 is 0 Å². The van der Waals surface area contributed by atoms with Gasteiger partial charge in [-0.15, -0.1) is 11.3 Å². The van der Waals surface area contributed by atoms with E-state index in [-0.39, 0.29) is 12.2 Å². The third-order valence-electron chi connectivity index (χ3n) is 5.96. The summed E-state index contributed by atoms with van der Waals surface area (Å²) in [5, 5.41) is 31.1. The fourth-order valence-electron chi connectivity index (χ4n) is 3.92. The minimum absolute atomic E-state index is 0.0886. The lowest BCUT2D eigenvalue weighted by molar-refractivity contribution is -0.290. The van der Waals surface area contributed by atoms with Crippen molar-refractivity contribution >= 4 is 17.3 Å². The standard InChI is InChI=1S/C26H27FO6S/c1-3-21(28)32-26-24(31)22(29)23(30)25(33-26)16-5-4-14(2)17(12-16)13-19-10-11-20(34-19)15-6-8-18(27)9-7-15/h4-12,22-26,29-31H,3,13H2,1-2H3/t22-,23-,24+,25+,26+/m1/s1. The van der Waals surface area contributed by atoms with Gasteiger partial charge in [-0.1, -0.05) is 37.3 Å². The van der Waals surface area contributed by atoms with Crippen molar-refractivity contribution < 1.29 is 34.0 Å². The molecule has 4 rings (SSSR count). The largest absolute Gasteiger partial charge is 0.433 e. The summed E-state index contributed by atoms with van der Waals surface area (Å²) in [6, 6.07) is 16.0. The van der Waals surface area contributed by atoms with Gasteiger partial charge < -0.3 is 24.8 Å². The van der Waals surface area contributed by atoms with Crippen molar-refractivity contribution in [2.45, 2.75) is 57.4 Å². The number of aliphatic hydroxyl groups is 3. The molecule has 0 amide bonds. The van der Waals surface area contributed by atoms with Gasteiger partial charge >= 0.3 is 5.97 Å². The molecule has 0 saturated carbocycles. The first-order valence-electron chi connectivity index (χ1n) is 11.1. The molecule has 8 heteroatoms. The molecule has 3 N–H and O–H groups in total. The summed E-state index contributed by atoms with van der Waals surface area (Å²) < 4.78 is 24.1. The SMILES string of the molecule is CCC(=O)O[C@H]1O[C@@H](c2ccc(C)c(Cc3ccc(-c4ccc(F)cc4)s3)c2)[C@H](O)[C@@H](O)[C@@H]1O. The van der Waals surface area contributed by atoms with Crippen molar-refractivity contribution in [3.05, 3.63) is 82.0 Å². The normalized spacial score (nSPS) is 24.7. The monoisotopic (exact) mass is 486 g/mol. The van der Waals surface area contributed by atoms with Crippen molar-refractivity contribution in [3.63, 3.8) is 0 Å². The predicted octanol–water partition coefficient (Wildman–Crippen LogP) is 3.89.